The maximum Gasteiger partial charge on any atom is 0.222 e. The fraction of sp³-hybridized carbons (Fsp3) is 0.929. The van der Waals surface area contributed by atoms with Gasteiger partial charge in [0.05, 0.1) is 0 Å². The molecule has 18 heavy (non-hydrogen) atoms. The molecule has 0 aromatic rings. The molecule has 4 heteroatoms. The van der Waals surface area contributed by atoms with Crippen LogP contribution in [0, 0.1) is 0 Å². The summed E-state index contributed by atoms with van der Waals surface area (Å²) in [6.07, 6.45) is 8.73. The summed E-state index contributed by atoms with van der Waals surface area (Å²) in [5.74, 6) is 0.169. The second-order valence-corrected chi connectivity index (χ2v) is 6.53. The van der Waals surface area contributed by atoms with Gasteiger partial charge in [0.25, 0.3) is 0 Å². The van der Waals surface area contributed by atoms with Crippen molar-refractivity contribution in [2.75, 3.05) is 13.1 Å². The number of carbonyl (C=O) groups is 1. The molecule has 0 aromatic carbocycles. The number of rotatable bonds is 4. The molecule has 1 saturated heterocycles. The van der Waals surface area contributed by atoms with Crippen LogP contribution >= 0.6 is 0 Å². The van der Waals surface area contributed by atoms with Gasteiger partial charge in [0.15, 0.2) is 0 Å². The van der Waals surface area contributed by atoms with Crippen LogP contribution in [0.5, 0.6) is 0 Å². The molecular weight excluding hydrogens is 226 g/mol. The van der Waals surface area contributed by atoms with E-state index in [0.717, 1.165) is 38.4 Å². The topological polar surface area (TPSA) is 58.4 Å². The van der Waals surface area contributed by atoms with Crippen LogP contribution in [0.25, 0.3) is 0 Å². The molecule has 0 radical (unpaired) electrons. The molecule has 1 amide bonds. The molecule has 2 saturated carbocycles. The highest BCUT2D eigenvalue weighted by Gasteiger charge is 2.36. The summed E-state index contributed by atoms with van der Waals surface area (Å²) < 4.78 is 0. The fourth-order valence-corrected chi connectivity index (χ4v) is 3.53. The standard InChI is InChI=1S/C14H25N3O/c15-14(6-1-2-7-14)9-13(18)16-11-5-8-17(10-11)12-3-4-12/h11-12H,1-10,15H2,(H,16,18). The van der Waals surface area contributed by atoms with E-state index >= 15 is 0 Å². The Morgan fingerprint density at radius 1 is 1.28 bits per heavy atom. The van der Waals surface area contributed by atoms with Gasteiger partial charge in [-0.15, -0.1) is 0 Å². The quantitative estimate of drug-likeness (QED) is 0.784. The third kappa shape index (κ3) is 2.86. The normalized spacial score (nSPS) is 31.7. The Kier molecular flexibility index (Phi) is 3.32. The van der Waals surface area contributed by atoms with Crippen LogP contribution in [0.2, 0.25) is 0 Å². The van der Waals surface area contributed by atoms with E-state index < -0.39 is 0 Å². The van der Waals surface area contributed by atoms with Gasteiger partial charge in [-0.05, 0) is 32.1 Å². The van der Waals surface area contributed by atoms with E-state index in [1.807, 2.05) is 0 Å². The Balaban J connectivity index is 1.43. The summed E-state index contributed by atoms with van der Waals surface area (Å²) in [5.41, 5.74) is 6.04. The van der Waals surface area contributed by atoms with E-state index in [1.165, 1.54) is 25.7 Å². The summed E-state index contributed by atoms with van der Waals surface area (Å²) in [7, 11) is 0. The lowest BCUT2D eigenvalue weighted by Crippen LogP contribution is -2.45. The minimum atomic E-state index is -0.209. The molecule has 1 unspecified atom stereocenters. The van der Waals surface area contributed by atoms with Crippen LogP contribution < -0.4 is 11.1 Å². The summed E-state index contributed by atoms with van der Waals surface area (Å²) >= 11 is 0. The molecule has 0 bridgehead atoms. The van der Waals surface area contributed by atoms with Crippen LogP contribution in [0.1, 0.15) is 51.4 Å². The average molecular weight is 251 g/mol. The average Bonchev–Trinajstić information content (AvgIpc) is 2.93. The van der Waals surface area contributed by atoms with Crippen molar-refractivity contribution in [1.82, 2.24) is 10.2 Å². The van der Waals surface area contributed by atoms with Crippen LogP contribution in [0.15, 0.2) is 0 Å². The minimum absolute atomic E-state index is 0.169. The number of carbonyl (C=O) groups excluding carboxylic acids is 1. The van der Waals surface area contributed by atoms with E-state index in [1.54, 1.807) is 0 Å². The van der Waals surface area contributed by atoms with E-state index in [2.05, 4.69) is 10.2 Å². The Bertz CT molecular complexity index is 321. The maximum absolute atomic E-state index is 12.0. The first-order valence-corrected chi connectivity index (χ1v) is 7.47. The Hall–Kier alpha value is -0.610. The first kappa shape index (κ1) is 12.4. The monoisotopic (exact) mass is 251 g/mol. The van der Waals surface area contributed by atoms with Crippen molar-refractivity contribution < 1.29 is 4.79 Å². The van der Waals surface area contributed by atoms with Gasteiger partial charge in [-0.2, -0.15) is 0 Å². The first-order chi connectivity index (χ1) is 8.65. The van der Waals surface area contributed by atoms with Gasteiger partial charge in [0.2, 0.25) is 5.91 Å². The van der Waals surface area contributed by atoms with E-state index in [4.69, 9.17) is 5.73 Å². The Labute approximate surface area is 109 Å². The predicted molar refractivity (Wildman–Crippen MR) is 71.1 cm³/mol. The smallest absolute Gasteiger partial charge is 0.222 e. The van der Waals surface area contributed by atoms with Crippen molar-refractivity contribution in [2.24, 2.45) is 5.73 Å². The van der Waals surface area contributed by atoms with Gasteiger partial charge in [-0.1, -0.05) is 12.8 Å². The maximum atomic E-state index is 12.0. The molecular formula is C14H25N3O. The fourth-order valence-electron chi connectivity index (χ4n) is 3.53. The number of hydrogen-bond acceptors (Lipinski definition) is 3. The largest absolute Gasteiger partial charge is 0.352 e. The van der Waals surface area contributed by atoms with Crippen molar-refractivity contribution in [2.45, 2.75) is 69.0 Å². The third-order valence-electron chi connectivity index (χ3n) is 4.76. The number of amides is 1. The van der Waals surface area contributed by atoms with Crippen molar-refractivity contribution in [3.05, 3.63) is 0 Å². The molecule has 2 aliphatic carbocycles. The molecule has 102 valence electrons. The lowest BCUT2D eigenvalue weighted by atomic mass is 9.94. The highest BCUT2D eigenvalue weighted by atomic mass is 16.1. The molecule has 4 nitrogen and oxygen atoms in total. The zero-order valence-corrected chi connectivity index (χ0v) is 11.2. The number of nitrogens with zero attached hydrogens (tertiary/aromatic N) is 1. The minimum Gasteiger partial charge on any atom is -0.352 e. The van der Waals surface area contributed by atoms with Gasteiger partial charge in [-0.3, -0.25) is 9.69 Å². The number of nitrogens with one attached hydrogen (secondary N) is 1. The summed E-state index contributed by atoms with van der Waals surface area (Å²) in [6.45, 7) is 2.21. The van der Waals surface area contributed by atoms with Gasteiger partial charge >= 0.3 is 0 Å². The van der Waals surface area contributed by atoms with Crippen molar-refractivity contribution in [3.63, 3.8) is 0 Å². The number of hydrogen-bond donors (Lipinski definition) is 2. The zero-order chi connectivity index (χ0) is 12.6. The molecule has 3 N–H and O–H groups in total. The number of likely N-dealkylation sites (tertiary alicyclic amines) is 1. The van der Waals surface area contributed by atoms with Crippen LogP contribution in [0.3, 0.4) is 0 Å². The molecule has 1 atom stereocenters. The molecule has 3 aliphatic rings. The van der Waals surface area contributed by atoms with Gasteiger partial charge in [0, 0.05) is 37.1 Å². The van der Waals surface area contributed by atoms with Crippen LogP contribution in [-0.2, 0) is 4.79 Å². The van der Waals surface area contributed by atoms with Crippen molar-refractivity contribution in [3.8, 4) is 0 Å². The van der Waals surface area contributed by atoms with Gasteiger partial charge < -0.3 is 11.1 Å². The SMILES string of the molecule is NC1(CC(=O)NC2CCN(C3CC3)C2)CCCC1. The summed E-state index contributed by atoms with van der Waals surface area (Å²) in [5, 5.41) is 3.18. The van der Waals surface area contributed by atoms with Crippen LogP contribution in [0.4, 0.5) is 0 Å². The third-order valence-corrected chi connectivity index (χ3v) is 4.76. The lowest BCUT2D eigenvalue weighted by molar-refractivity contribution is -0.122. The van der Waals surface area contributed by atoms with E-state index in [9.17, 15) is 4.79 Å². The second-order valence-electron chi connectivity index (χ2n) is 6.53. The van der Waals surface area contributed by atoms with E-state index in [-0.39, 0.29) is 11.4 Å². The Morgan fingerprint density at radius 2 is 2.00 bits per heavy atom. The first-order valence-electron chi connectivity index (χ1n) is 7.47. The molecule has 0 spiro atoms. The highest BCUT2D eigenvalue weighted by Crippen LogP contribution is 2.31. The second kappa shape index (κ2) is 4.82. The van der Waals surface area contributed by atoms with Crippen molar-refractivity contribution in [1.29, 1.82) is 0 Å². The molecule has 1 heterocycles. The molecule has 0 aromatic heterocycles. The van der Waals surface area contributed by atoms with Gasteiger partial charge in [-0.25, -0.2) is 0 Å². The highest BCUT2D eigenvalue weighted by molar-refractivity contribution is 5.77. The number of nitrogens with two attached hydrogens (primary N) is 1. The predicted octanol–water partition coefficient (Wildman–Crippen LogP) is 1.00. The zero-order valence-electron chi connectivity index (χ0n) is 11.2. The molecule has 3 fully saturated rings. The van der Waals surface area contributed by atoms with Crippen molar-refractivity contribution >= 4 is 5.91 Å². The van der Waals surface area contributed by atoms with Gasteiger partial charge in [0.1, 0.15) is 0 Å². The van der Waals surface area contributed by atoms with Crippen LogP contribution in [-0.4, -0.2) is 41.5 Å². The summed E-state index contributed by atoms with van der Waals surface area (Å²) in [6, 6.07) is 1.19. The molecule has 3 rings (SSSR count). The Morgan fingerprint density at radius 3 is 2.67 bits per heavy atom. The molecule has 1 aliphatic heterocycles. The van der Waals surface area contributed by atoms with E-state index in [0.29, 0.717) is 12.5 Å². The lowest BCUT2D eigenvalue weighted by Gasteiger charge is -2.24. The summed E-state index contributed by atoms with van der Waals surface area (Å²) in [4.78, 5) is 14.6.